The first-order valence-electron chi connectivity index (χ1n) is 22.3. The van der Waals surface area contributed by atoms with E-state index in [1.165, 1.54) is 23.9 Å². The normalized spacial score (nSPS) is 14.6. The average molecular weight is 998 g/mol. The highest BCUT2D eigenvalue weighted by molar-refractivity contribution is 7.98. The summed E-state index contributed by atoms with van der Waals surface area (Å²) in [5.74, 6) is -9.63. The van der Waals surface area contributed by atoms with E-state index in [0.29, 0.717) is 11.3 Å². The molecule has 0 saturated carbocycles. The van der Waals surface area contributed by atoms with Crippen molar-refractivity contribution >= 4 is 71.0 Å². The lowest BCUT2D eigenvalue weighted by molar-refractivity contribution is -0.142. The van der Waals surface area contributed by atoms with E-state index in [2.05, 4.69) is 42.2 Å². The molecule has 0 unspecified atom stereocenters. The number of aliphatic imine (C=N–C) groups is 1. The molecule has 0 radical (unpaired) electrons. The van der Waals surface area contributed by atoms with Crippen molar-refractivity contribution < 1.29 is 68.7 Å². The molecule has 0 bridgehead atoms. The number of nitrogens with zero attached hydrogens (tertiary/aromatic N) is 1. The fourth-order valence-electron chi connectivity index (χ4n) is 6.49. The van der Waals surface area contributed by atoms with Gasteiger partial charge in [0.05, 0.1) is 19.3 Å². The number of thioether (sulfide) groups is 1. The number of aliphatic hydroxyl groups excluding tert-OH is 2. The van der Waals surface area contributed by atoms with Crippen LogP contribution in [0.1, 0.15) is 78.2 Å². The summed E-state index contributed by atoms with van der Waals surface area (Å²) in [4.78, 5) is 122. The molecule has 388 valence electrons. The Balaban J connectivity index is 3.21. The average Bonchev–Trinajstić information content (AvgIpc) is 3.27. The predicted molar refractivity (Wildman–Crippen MR) is 254 cm³/mol. The first kappa shape index (κ1) is 60.8. The molecular formula is C43H71N11O14S. The number of benzene rings is 1. The summed E-state index contributed by atoms with van der Waals surface area (Å²) < 4.78 is 0. The molecule has 0 aromatic heterocycles. The van der Waals surface area contributed by atoms with Crippen molar-refractivity contribution in [3.8, 4) is 5.75 Å². The fraction of sp³-hybridized carbons (Fsp3) is 0.628. The van der Waals surface area contributed by atoms with Crippen LogP contribution < -0.4 is 54.4 Å². The van der Waals surface area contributed by atoms with Crippen molar-refractivity contribution in [2.45, 2.75) is 127 Å². The van der Waals surface area contributed by atoms with Crippen LogP contribution in [0.25, 0.3) is 0 Å². The minimum Gasteiger partial charge on any atom is -0.508 e. The van der Waals surface area contributed by atoms with Crippen LogP contribution in [0, 0.1) is 11.8 Å². The number of guanidine groups is 1. The number of aromatic hydroxyl groups is 1. The van der Waals surface area contributed by atoms with E-state index in [1.54, 1.807) is 46.1 Å². The van der Waals surface area contributed by atoms with Gasteiger partial charge in [-0.1, -0.05) is 39.8 Å². The van der Waals surface area contributed by atoms with Crippen LogP contribution in [-0.4, -0.2) is 165 Å². The molecule has 69 heavy (non-hydrogen) atoms. The number of carboxylic acid groups (broad SMARTS) is 2. The molecule has 1 aromatic carbocycles. The van der Waals surface area contributed by atoms with E-state index in [-0.39, 0.29) is 68.6 Å². The summed E-state index contributed by atoms with van der Waals surface area (Å²) in [6.07, 6.45) is 0.941. The molecular weight excluding hydrogens is 927 g/mol. The quantitative estimate of drug-likeness (QED) is 0.0184. The molecule has 18 N–H and O–H groups in total. The molecule has 0 spiro atoms. The van der Waals surface area contributed by atoms with Gasteiger partial charge < -0.3 is 80.0 Å². The zero-order valence-corrected chi connectivity index (χ0v) is 40.4. The number of carbonyl (C=O) groups excluding carboxylic acids is 7. The molecule has 25 nitrogen and oxygen atoms in total. The van der Waals surface area contributed by atoms with Gasteiger partial charge in [-0.2, -0.15) is 11.8 Å². The third-order valence-corrected chi connectivity index (χ3v) is 10.8. The molecule has 26 heteroatoms. The Bertz CT molecular complexity index is 1900. The molecule has 1 rings (SSSR count). The highest BCUT2D eigenvalue weighted by Crippen LogP contribution is 2.13. The Morgan fingerprint density at radius 1 is 0.594 bits per heavy atom. The lowest BCUT2D eigenvalue weighted by Crippen LogP contribution is -2.61. The third kappa shape index (κ3) is 24.0. The summed E-state index contributed by atoms with van der Waals surface area (Å²) in [6.45, 7) is 4.88. The smallest absolute Gasteiger partial charge is 0.326 e. The summed E-state index contributed by atoms with van der Waals surface area (Å²) in [6, 6.07) is -5.57. The van der Waals surface area contributed by atoms with Crippen LogP contribution >= 0.6 is 11.8 Å². The highest BCUT2D eigenvalue weighted by Gasteiger charge is 2.35. The molecule has 0 aliphatic heterocycles. The largest absolute Gasteiger partial charge is 0.508 e. The second-order valence-corrected chi connectivity index (χ2v) is 18.0. The van der Waals surface area contributed by atoms with Gasteiger partial charge in [0.15, 0.2) is 5.96 Å². The fourth-order valence-corrected chi connectivity index (χ4v) is 6.96. The van der Waals surface area contributed by atoms with Gasteiger partial charge in [0.1, 0.15) is 48.0 Å². The Hall–Kier alpha value is -6.25. The van der Waals surface area contributed by atoms with Gasteiger partial charge in [-0.3, -0.25) is 43.3 Å². The Morgan fingerprint density at radius 2 is 1.00 bits per heavy atom. The number of nitrogens with one attached hydrogen (secondary N) is 7. The zero-order valence-electron chi connectivity index (χ0n) is 39.6. The number of aliphatic hydroxyl groups is 2. The maximum Gasteiger partial charge on any atom is 0.326 e. The van der Waals surface area contributed by atoms with Gasteiger partial charge in [0.25, 0.3) is 0 Å². The summed E-state index contributed by atoms with van der Waals surface area (Å²) >= 11 is 1.36. The summed E-state index contributed by atoms with van der Waals surface area (Å²) in [5.41, 5.74) is 17.3. The van der Waals surface area contributed by atoms with Gasteiger partial charge in [-0.05, 0) is 86.5 Å². The lowest BCUT2D eigenvalue weighted by Gasteiger charge is -2.28. The number of hydrogen-bond donors (Lipinski definition) is 15. The van der Waals surface area contributed by atoms with E-state index < -0.39 is 128 Å². The SMILES string of the molecule is CSCC[C@H](NC(=O)[C@@H](N)Cc1ccc(O)cc1)C(=O)N[C@@H](CCC(=O)O)C(=O)N[C@@H](CC(C)C)C(=O)N[C@@H](CO)C(=O)N[C@@H](CO)C(=O)N[C@@H](CC(C)C)C(=O)N[C@@H](CCCN=C(N)N)C(=O)O. The van der Waals surface area contributed by atoms with Crippen LogP contribution in [0.3, 0.4) is 0 Å². The zero-order chi connectivity index (χ0) is 52.4. The third-order valence-electron chi connectivity index (χ3n) is 10.1. The van der Waals surface area contributed by atoms with Gasteiger partial charge in [0.2, 0.25) is 41.4 Å². The number of amides is 7. The lowest BCUT2D eigenvalue weighted by atomic mass is 10.0. The number of phenolic OH excluding ortho intramolecular Hbond substituents is 1. The van der Waals surface area contributed by atoms with E-state index in [0.717, 1.165) is 0 Å². The molecule has 0 aliphatic rings. The van der Waals surface area contributed by atoms with E-state index in [4.69, 9.17) is 17.2 Å². The van der Waals surface area contributed by atoms with E-state index >= 15 is 0 Å². The minimum absolute atomic E-state index is 0.00994. The van der Waals surface area contributed by atoms with E-state index in [9.17, 15) is 68.7 Å². The van der Waals surface area contributed by atoms with Gasteiger partial charge in [0, 0.05) is 13.0 Å². The molecule has 8 atom stereocenters. The molecule has 0 aliphatic carbocycles. The maximum absolute atomic E-state index is 13.8. The number of phenols is 1. The molecule has 0 saturated heterocycles. The molecule has 1 aromatic rings. The second kappa shape index (κ2) is 31.7. The number of aliphatic carboxylic acids is 2. The topological polar surface area (TPSA) is 429 Å². The van der Waals surface area contributed by atoms with Gasteiger partial charge in [-0.15, -0.1) is 0 Å². The van der Waals surface area contributed by atoms with Crippen LogP contribution in [0.15, 0.2) is 29.3 Å². The minimum atomic E-state index is -1.78. The number of rotatable bonds is 33. The first-order chi connectivity index (χ1) is 32.4. The van der Waals surface area contributed by atoms with Crippen molar-refractivity contribution in [2.24, 2.45) is 34.0 Å². The number of carbonyl (C=O) groups is 9. The van der Waals surface area contributed by atoms with Crippen LogP contribution in [-0.2, 0) is 49.6 Å². The predicted octanol–water partition coefficient (Wildman–Crippen LogP) is -3.51. The molecule has 7 amide bonds. The Morgan fingerprint density at radius 3 is 1.42 bits per heavy atom. The van der Waals surface area contributed by atoms with Crippen LogP contribution in [0.5, 0.6) is 5.75 Å². The first-order valence-corrected chi connectivity index (χ1v) is 23.7. The van der Waals surface area contributed by atoms with Crippen molar-refractivity contribution in [3.63, 3.8) is 0 Å². The van der Waals surface area contributed by atoms with Crippen LogP contribution in [0.2, 0.25) is 0 Å². The van der Waals surface area contributed by atoms with Crippen LogP contribution in [0.4, 0.5) is 0 Å². The molecule has 0 fully saturated rings. The maximum atomic E-state index is 13.8. The van der Waals surface area contributed by atoms with Gasteiger partial charge in [-0.25, -0.2) is 4.79 Å². The monoisotopic (exact) mass is 997 g/mol. The number of nitrogens with two attached hydrogens (primary N) is 3. The Labute approximate surface area is 404 Å². The number of hydrogen-bond acceptors (Lipinski definition) is 15. The highest BCUT2D eigenvalue weighted by atomic mass is 32.2. The van der Waals surface area contributed by atoms with Crippen molar-refractivity contribution in [2.75, 3.05) is 31.8 Å². The number of carboxylic acids is 2. The molecule has 0 heterocycles. The van der Waals surface area contributed by atoms with Crippen molar-refractivity contribution in [1.29, 1.82) is 0 Å². The standard InChI is InChI=1S/C43H71N11O14S/c1-22(2)17-30(38(63)50-29(42(67)68)7-6-15-47-43(45)46)52-40(65)32(20-55)54-41(66)33(21-56)53-39(64)31(18-23(3)4)51-36(61)27(12-13-34(58)59)49-37(62)28(14-16-69-5)48-35(60)26(44)19-24-8-10-25(57)11-9-24/h8-11,22-23,26-33,55-57H,6-7,12-21,44H2,1-5H3,(H,48,60)(H,49,62)(H,50,63)(H,51,61)(H,52,65)(H,53,64)(H,54,66)(H,58,59)(H,67,68)(H4,45,46,47)/t26-,27-,28-,29-,30-,31-,32-,33-/m0/s1. The van der Waals surface area contributed by atoms with Gasteiger partial charge >= 0.3 is 11.9 Å². The van der Waals surface area contributed by atoms with E-state index in [1.807, 2.05) is 0 Å². The second-order valence-electron chi connectivity index (χ2n) is 17.0. The van der Waals surface area contributed by atoms with Crippen molar-refractivity contribution in [1.82, 2.24) is 37.2 Å². The van der Waals surface area contributed by atoms with Crippen molar-refractivity contribution in [3.05, 3.63) is 29.8 Å². The summed E-state index contributed by atoms with van der Waals surface area (Å²) in [7, 11) is 0. The Kier molecular flexibility index (Phi) is 27.9. The summed E-state index contributed by atoms with van der Waals surface area (Å²) in [5, 5.41) is 65.8.